The van der Waals surface area contributed by atoms with Crippen molar-refractivity contribution in [1.29, 1.82) is 0 Å². The van der Waals surface area contributed by atoms with Crippen molar-refractivity contribution in [3.63, 3.8) is 0 Å². The molecule has 1 N–H and O–H groups in total. The van der Waals surface area contributed by atoms with Crippen LogP contribution in [0.1, 0.15) is 5.69 Å². The van der Waals surface area contributed by atoms with E-state index in [2.05, 4.69) is 15.0 Å². The van der Waals surface area contributed by atoms with Crippen LogP contribution in [0, 0.1) is 0 Å². The molecule has 0 amide bonds. The number of imidazole rings is 1. The number of H-pyrrole nitrogens is 1. The van der Waals surface area contributed by atoms with E-state index >= 15 is 0 Å². The Balaban J connectivity index is 1.83. The molecule has 0 unspecified atom stereocenters. The fraction of sp³-hybridized carbons (Fsp3) is 0.294. The highest BCUT2D eigenvalue weighted by atomic mass is 35.5. The predicted octanol–water partition coefficient (Wildman–Crippen LogP) is 3.99. The molecule has 0 atom stereocenters. The van der Waals surface area contributed by atoms with Gasteiger partial charge in [-0.3, -0.25) is 4.98 Å². The van der Waals surface area contributed by atoms with Gasteiger partial charge in [-0.15, -0.1) is 0 Å². The Labute approximate surface area is 155 Å². The van der Waals surface area contributed by atoms with E-state index in [1.807, 2.05) is 37.2 Å². The summed E-state index contributed by atoms with van der Waals surface area (Å²) in [5.74, 6) is 1.94. The van der Waals surface area contributed by atoms with Crippen LogP contribution in [0.3, 0.4) is 0 Å². The van der Waals surface area contributed by atoms with Crippen LogP contribution in [0.4, 0.5) is 5.69 Å². The van der Waals surface area contributed by atoms with Crippen LogP contribution in [0.15, 0.2) is 29.6 Å². The Morgan fingerprint density at radius 3 is 2.60 bits per heavy atom. The molecular formula is C17H19ClN4O2S. The summed E-state index contributed by atoms with van der Waals surface area (Å²) in [5, 5.41) is 1.46. The van der Waals surface area contributed by atoms with Crippen molar-refractivity contribution in [1.82, 2.24) is 15.0 Å². The van der Waals surface area contributed by atoms with Crippen molar-refractivity contribution in [3.8, 4) is 11.5 Å². The third kappa shape index (κ3) is 3.62. The number of nitrogens with one attached hydrogen (secondary N) is 1. The van der Waals surface area contributed by atoms with E-state index in [0.29, 0.717) is 22.3 Å². The predicted molar refractivity (Wildman–Crippen MR) is 102 cm³/mol. The highest BCUT2D eigenvalue weighted by Gasteiger charge is 2.13. The van der Waals surface area contributed by atoms with Crippen molar-refractivity contribution >= 4 is 40.1 Å². The third-order valence-corrected chi connectivity index (χ3v) is 5.03. The fourth-order valence-electron chi connectivity index (χ4n) is 2.44. The Bertz CT molecular complexity index is 857. The number of halogens is 1. The summed E-state index contributed by atoms with van der Waals surface area (Å²) in [6, 6.07) is 5.63. The van der Waals surface area contributed by atoms with Gasteiger partial charge in [0.05, 0.1) is 41.7 Å². The molecule has 0 spiro atoms. The number of thioether (sulfide) groups is 1. The molecule has 2 heterocycles. The number of methoxy groups -OCH3 is 2. The summed E-state index contributed by atoms with van der Waals surface area (Å²) in [4.78, 5) is 14.2. The van der Waals surface area contributed by atoms with Crippen molar-refractivity contribution < 1.29 is 9.47 Å². The molecule has 3 rings (SSSR count). The Kier molecular flexibility index (Phi) is 5.24. The SMILES string of the molecule is COc1cc2nc(SCc3nccc(N(C)C)c3Cl)[nH]c2cc1OC. The summed E-state index contributed by atoms with van der Waals surface area (Å²) in [6.07, 6.45) is 1.77. The summed E-state index contributed by atoms with van der Waals surface area (Å²) in [5.41, 5.74) is 3.49. The Morgan fingerprint density at radius 2 is 1.92 bits per heavy atom. The van der Waals surface area contributed by atoms with Crippen LogP contribution in [-0.2, 0) is 5.75 Å². The molecule has 6 nitrogen and oxygen atoms in total. The zero-order valence-electron chi connectivity index (χ0n) is 14.5. The zero-order valence-corrected chi connectivity index (χ0v) is 16.0. The molecule has 132 valence electrons. The van der Waals surface area contributed by atoms with Gasteiger partial charge in [0.25, 0.3) is 0 Å². The second kappa shape index (κ2) is 7.41. The number of fused-ring (bicyclic) bond motifs is 1. The van der Waals surface area contributed by atoms with Crippen molar-refractivity contribution in [2.75, 3.05) is 33.2 Å². The topological polar surface area (TPSA) is 63.3 Å². The van der Waals surface area contributed by atoms with Crippen LogP contribution < -0.4 is 14.4 Å². The van der Waals surface area contributed by atoms with Crippen molar-refractivity contribution in [3.05, 3.63) is 35.1 Å². The molecule has 8 heteroatoms. The third-order valence-electron chi connectivity index (χ3n) is 3.73. The lowest BCUT2D eigenvalue weighted by molar-refractivity contribution is 0.356. The first-order chi connectivity index (χ1) is 12.0. The normalized spacial score (nSPS) is 10.9. The molecule has 0 aliphatic carbocycles. The minimum atomic E-state index is 0.620. The average Bonchev–Trinajstić information content (AvgIpc) is 3.00. The highest BCUT2D eigenvalue weighted by Crippen LogP contribution is 2.34. The lowest BCUT2D eigenvalue weighted by Gasteiger charge is -2.15. The van der Waals surface area contributed by atoms with Crippen molar-refractivity contribution in [2.24, 2.45) is 0 Å². The van der Waals surface area contributed by atoms with E-state index < -0.39 is 0 Å². The van der Waals surface area contributed by atoms with E-state index in [1.165, 1.54) is 0 Å². The number of hydrogen-bond acceptors (Lipinski definition) is 6. The van der Waals surface area contributed by atoms with E-state index in [4.69, 9.17) is 21.1 Å². The second-order valence-electron chi connectivity index (χ2n) is 5.54. The number of pyridine rings is 1. The molecule has 0 saturated heterocycles. The van der Waals surface area contributed by atoms with Crippen LogP contribution in [0.5, 0.6) is 11.5 Å². The monoisotopic (exact) mass is 378 g/mol. The van der Waals surface area contributed by atoms with Crippen molar-refractivity contribution in [2.45, 2.75) is 10.9 Å². The second-order valence-corrected chi connectivity index (χ2v) is 6.88. The van der Waals surface area contributed by atoms with Crippen LogP contribution in [0.25, 0.3) is 11.0 Å². The minimum Gasteiger partial charge on any atom is -0.493 e. The van der Waals surface area contributed by atoms with Crippen LogP contribution in [0.2, 0.25) is 5.02 Å². The van der Waals surface area contributed by atoms with E-state index in [1.54, 1.807) is 32.2 Å². The van der Waals surface area contributed by atoms with Gasteiger partial charge in [-0.2, -0.15) is 0 Å². The Hall–Kier alpha value is -2.12. The molecule has 25 heavy (non-hydrogen) atoms. The first kappa shape index (κ1) is 17.7. The van der Waals surface area contributed by atoms with Gasteiger partial charge in [0.1, 0.15) is 0 Å². The summed E-state index contributed by atoms with van der Waals surface area (Å²) >= 11 is 7.99. The summed E-state index contributed by atoms with van der Waals surface area (Å²) in [7, 11) is 7.13. The van der Waals surface area contributed by atoms with Gasteiger partial charge in [-0.1, -0.05) is 23.4 Å². The number of aromatic nitrogens is 3. The molecule has 1 aromatic carbocycles. The molecule has 0 aliphatic rings. The highest BCUT2D eigenvalue weighted by molar-refractivity contribution is 7.98. The first-order valence-electron chi connectivity index (χ1n) is 7.58. The molecule has 0 fully saturated rings. The van der Waals surface area contributed by atoms with Gasteiger partial charge in [-0.05, 0) is 6.07 Å². The molecule has 0 saturated carbocycles. The maximum Gasteiger partial charge on any atom is 0.166 e. The number of hydrogen-bond donors (Lipinski definition) is 1. The molecule has 0 bridgehead atoms. The fourth-order valence-corrected chi connectivity index (χ4v) is 3.70. The van der Waals surface area contributed by atoms with Crippen LogP contribution in [-0.4, -0.2) is 43.3 Å². The van der Waals surface area contributed by atoms with E-state index in [-0.39, 0.29) is 0 Å². The number of ether oxygens (including phenoxy) is 2. The summed E-state index contributed by atoms with van der Waals surface area (Å²) in [6.45, 7) is 0. The van der Waals surface area contributed by atoms with Gasteiger partial charge in [-0.25, -0.2) is 4.98 Å². The maximum atomic E-state index is 6.45. The average molecular weight is 379 g/mol. The number of anilines is 1. The lowest BCUT2D eigenvalue weighted by Crippen LogP contribution is -2.10. The number of nitrogens with zero attached hydrogens (tertiary/aromatic N) is 3. The van der Waals surface area contributed by atoms with Gasteiger partial charge in [0.15, 0.2) is 16.7 Å². The zero-order chi connectivity index (χ0) is 18.0. The maximum absolute atomic E-state index is 6.45. The smallest absolute Gasteiger partial charge is 0.166 e. The number of benzene rings is 1. The van der Waals surface area contributed by atoms with Gasteiger partial charge in [0.2, 0.25) is 0 Å². The lowest BCUT2D eigenvalue weighted by atomic mass is 10.3. The number of rotatable bonds is 6. The molecular weight excluding hydrogens is 360 g/mol. The first-order valence-corrected chi connectivity index (χ1v) is 8.95. The molecule has 0 radical (unpaired) electrons. The molecule has 2 aromatic heterocycles. The minimum absolute atomic E-state index is 0.620. The molecule has 3 aromatic rings. The number of aromatic amines is 1. The van der Waals surface area contributed by atoms with E-state index in [9.17, 15) is 0 Å². The van der Waals surface area contributed by atoms with Crippen LogP contribution >= 0.6 is 23.4 Å². The van der Waals surface area contributed by atoms with Gasteiger partial charge >= 0.3 is 0 Å². The quantitative estimate of drug-likeness (QED) is 0.654. The van der Waals surface area contributed by atoms with Gasteiger partial charge < -0.3 is 19.4 Å². The standard InChI is InChI=1S/C17H19ClN4O2S/c1-22(2)13-5-6-19-12(16(13)18)9-25-17-20-10-7-14(23-3)15(24-4)8-11(10)21-17/h5-8H,9H2,1-4H3,(H,20,21). The molecule has 0 aliphatic heterocycles. The Morgan fingerprint density at radius 1 is 1.20 bits per heavy atom. The van der Waals surface area contributed by atoms with E-state index in [0.717, 1.165) is 27.6 Å². The largest absolute Gasteiger partial charge is 0.493 e. The summed E-state index contributed by atoms with van der Waals surface area (Å²) < 4.78 is 10.6. The van der Waals surface area contributed by atoms with Gasteiger partial charge in [0, 0.05) is 38.2 Å².